The van der Waals surface area contributed by atoms with Crippen LogP contribution in [0.1, 0.15) is 109 Å². The average molecular weight is 456 g/mol. The van der Waals surface area contributed by atoms with Gasteiger partial charge in [0, 0.05) is 6.42 Å². The molecule has 1 atom stereocenters. The second-order valence-corrected chi connectivity index (χ2v) is 11.7. The summed E-state index contributed by atoms with van der Waals surface area (Å²) >= 11 is 0. The van der Waals surface area contributed by atoms with Crippen LogP contribution < -0.4 is 5.32 Å². The molecule has 0 saturated heterocycles. The van der Waals surface area contributed by atoms with Gasteiger partial charge in [-0.3, -0.25) is 4.79 Å². The van der Waals surface area contributed by atoms with E-state index in [2.05, 4.69) is 76.3 Å². The molecule has 2 aromatic carbocycles. The van der Waals surface area contributed by atoms with Crippen LogP contribution in [0.25, 0.3) is 0 Å². The van der Waals surface area contributed by atoms with E-state index in [1.807, 2.05) is 12.1 Å². The number of rotatable bonds is 4. The number of fused-ring (bicyclic) bond motifs is 2. The van der Waals surface area contributed by atoms with Crippen LogP contribution in [0.15, 0.2) is 52.9 Å². The van der Waals surface area contributed by atoms with Gasteiger partial charge in [0.15, 0.2) is 5.76 Å². The van der Waals surface area contributed by atoms with Gasteiger partial charge in [-0.2, -0.15) is 0 Å². The van der Waals surface area contributed by atoms with Crippen molar-refractivity contribution in [2.45, 2.75) is 90.0 Å². The standard InChI is InChI=1S/C31H37NO2/c1-20-17-25-26(31(4,5)16-15-30(25,2)3)19-22(20)18-23-13-14-28(34-23)29(33)32-27-12-8-10-21-9-6-7-11-24(21)27/h6-7,9,11,13-14,17,19,27H,8,10,12,15-16,18H2,1-5H3,(H,32,33). The van der Waals surface area contributed by atoms with Crippen LogP contribution in [0, 0.1) is 6.92 Å². The van der Waals surface area contributed by atoms with Gasteiger partial charge in [0.05, 0.1) is 6.04 Å². The highest BCUT2D eigenvalue weighted by molar-refractivity contribution is 5.91. The van der Waals surface area contributed by atoms with E-state index >= 15 is 0 Å². The molecule has 1 amide bonds. The first-order chi connectivity index (χ1) is 16.1. The third kappa shape index (κ3) is 4.21. The van der Waals surface area contributed by atoms with Gasteiger partial charge in [0.2, 0.25) is 0 Å². The van der Waals surface area contributed by atoms with E-state index < -0.39 is 0 Å². The first-order valence-corrected chi connectivity index (χ1v) is 12.8. The molecule has 3 nitrogen and oxygen atoms in total. The van der Waals surface area contributed by atoms with Gasteiger partial charge in [0.1, 0.15) is 5.76 Å². The van der Waals surface area contributed by atoms with E-state index in [9.17, 15) is 4.79 Å². The Morgan fingerprint density at radius 1 is 1.00 bits per heavy atom. The SMILES string of the molecule is Cc1cc2c(cc1Cc1ccc(C(=O)NC3CCCc4ccccc43)o1)C(C)(C)CCC2(C)C. The Bertz CT molecular complexity index is 1230. The Kier molecular flexibility index (Phi) is 5.70. The molecule has 1 aromatic heterocycles. The van der Waals surface area contributed by atoms with Crippen molar-refractivity contribution in [3.8, 4) is 0 Å². The highest BCUT2D eigenvalue weighted by atomic mass is 16.3. The Hall–Kier alpha value is -2.81. The number of nitrogens with one attached hydrogen (secondary N) is 1. The average Bonchev–Trinajstić information content (AvgIpc) is 3.27. The topological polar surface area (TPSA) is 42.2 Å². The third-order valence-corrected chi connectivity index (χ3v) is 8.23. The minimum absolute atomic E-state index is 0.0551. The zero-order valence-corrected chi connectivity index (χ0v) is 21.3. The minimum atomic E-state index is -0.127. The van der Waals surface area contributed by atoms with E-state index in [0.29, 0.717) is 12.2 Å². The van der Waals surface area contributed by atoms with E-state index in [-0.39, 0.29) is 22.8 Å². The lowest BCUT2D eigenvalue weighted by Gasteiger charge is -2.42. The number of furan rings is 1. The predicted octanol–water partition coefficient (Wildman–Crippen LogP) is 7.34. The smallest absolute Gasteiger partial charge is 0.287 e. The molecule has 0 bridgehead atoms. The summed E-state index contributed by atoms with van der Waals surface area (Å²) in [5.74, 6) is 1.11. The molecule has 0 radical (unpaired) electrons. The van der Waals surface area contributed by atoms with E-state index in [1.54, 1.807) is 0 Å². The summed E-state index contributed by atoms with van der Waals surface area (Å²) in [6.07, 6.45) is 6.27. The maximum atomic E-state index is 13.0. The van der Waals surface area contributed by atoms with Gasteiger partial charge in [0.25, 0.3) is 5.91 Å². The number of benzene rings is 2. The summed E-state index contributed by atoms with van der Waals surface area (Å²) in [6, 6.07) is 17.0. The molecule has 0 fully saturated rings. The summed E-state index contributed by atoms with van der Waals surface area (Å²) in [5.41, 5.74) is 8.50. The summed E-state index contributed by atoms with van der Waals surface area (Å²) in [7, 11) is 0. The number of hydrogen-bond donors (Lipinski definition) is 1. The summed E-state index contributed by atoms with van der Waals surface area (Å²) < 4.78 is 6.06. The van der Waals surface area contributed by atoms with Crippen molar-refractivity contribution in [3.05, 3.63) is 93.4 Å². The fourth-order valence-electron chi connectivity index (χ4n) is 5.87. The number of carbonyl (C=O) groups is 1. The van der Waals surface area contributed by atoms with Crippen LogP contribution in [0.4, 0.5) is 0 Å². The molecule has 3 heteroatoms. The molecule has 2 aliphatic carbocycles. The summed E-state index contributed by atoms with van der Waals surface area (Å²) in [5, 5.41) is 3.21. The molecular formula is C31H37NO2. The Morgan fingerprint density at radius 3 is 2.47 bits per heavy atom. The molecule has 34 heavy (non-hydrogen) atoms. The molecular weight excluding hydrogens is 418 g/mol. The minimum Gasteiger partial charge on any atom is -0.456 e. The second kappa shape index (κ2) is 8.45. The van der Waals surface area contributed by atoms with Crippen LogP contribution in [-0.2, 0) is 23.7 Å². The van der Waals surface area contributed by atoms with Gasteiger partial charge in [-0.05, 0) is 95.4 Å². The molecule has 0 saturated carbocycles. The van der Waals surface area contributed by atoms with Crippen LogP contribution in [0.2, 0.25) is 0 Å². The van der Waals surface area contributed by atoms with Crippen LogP contribution in [0.5, 0.6) is 0 Å². The number of carbonyl (C=O) groups excluding carboxylic acids is 1. The molecule has 1 unspecified atom stereocenters. The van der Waals surface area contributed by atoms with E-state index in [1.165, 1.54) is 46.2 Å². The van der Waals surface area contributed by atoms with E-state index in [4.69, 9.17) is 4.42 Å². The molecule has 1 heterocycles. The molecule has 5 rings (SSSR count). The van der Waals surface area contributed by atoms with Gasteiger partial charge in [-0.1, -0.05) is 64.1 Å². The van der Waals surface area contributed by atoms with Crippen molar-refractivity contribution in [1.29, 1.82) is 0 Å². The van der Waals surface area contributed by atoms with Gasteiger partial charge in [-0.15, -0.1) is 0 Å². The lowest BCUT2D eigenvalue weighted by atomic mass is 9.62. The Balaban J connectivity index is 1.35. The molecule has 1 N–H and O–H groups in total. The van der Waals surface area contributed by atoms with E-state index in [0.717, 1.165) is 25.0 Å². The highest BCUT2D eigenvalue weighted by Crippen LogP contribution is 2.46. The fourth-order valence-corrected chi connectivity index (χ4v) is 5.87. The van der Waals surface area contributed by atoms with Crippen molar-refractivity contribution in [2.75, 3.05) is 0 Å². The van der Waals surface area contributed by atoms with Crippen molar-refractivity contribution in [1.82, 2.24) is 5.32 Å². The van der Waals surface area contributed by atoms with Crippen molar-refractivity contribution >= 4 is 5.91 Å². The van der Waals surface area contributed by atoms with Crippen molar-refractivity contribution in [3.63, 3.8) is 0 Å². The largest absolute Gasteiger partial charge is 0.456 e. The quantitative estimate of drug-likeness (QED) is 0.447. The molecule has 2 aliphatic rings. The van der Waals surface area contributed by atoms with Gasteiger partial charge in [-0.25, -0.2) is 0 Å². The summed E-state index contributed by atoms with van der Waals surface area (Å²) in [6.45, 7) is 11.6. The first-order valence-electron chi connectivity index (χ1n) is 12.8. The Morgan fingerprint density at radius 2 is 1.71 bits per heavy atom. The molecule has 0 spiro atoms. The number of aryl methyl sites for hydroxylation is 2. The fraction of sp³-hybridized carbons (Fsp3) is 0.452. The number of amides is 1. The zero-order valence-electron chi connectivity index (χ0n) is 21.3. The van der Waals surface area contributed by atoms with Crippen molar-refractivity contribution < 1.29 is 9.21 Å². The molecule has 178 valence electrons. The van der Waals surface area contributed by atoms with Gasteiger partial charge >= 0.3 is 0 Å². The maximum Gasteiger partial charge on any atom is 0.287 e. The lowest BCUT2D eigenvalue weighted by Crippen LogP contribution is -2.34. The Labute approximate surface area is 204 Å². The molecule has 3 aromatic rings. The van der Waals surface area contributed by atoms with Gasteiger partial charge < -0.3 is 9.73 Å². The predicted molar refractivity (Wildman–Crippen MR) is 138 cm³/mol. The second-order valence-electron chi connectivity index (χ2n) is 11.7. The van der Waals surface area contributed by atoms with Crippen LogP contribution in [-0.4, -0.2) is 5.91 Å². The monoisotopic (exact) mass is 455 g/mol. The normalized spacial score (nSPS) is 20.3. The first kappa shape index (κ1) is 23.0. The zero-order chi connectivity index (χ0) is 24.1. The van der Waals surface area contributed by atoms with Crippen LogP contribution in [0.3, 0.4) is 0 Å². The summed E-state index contributed by atoms with van der Waals surface area (Å²) in [4.78, 5) is 13.0. The van der Waals surface area contributed by atoms with Crippen LogP contribution >= 0.6 is 0 Å². The van der Waals surface area contributed by atoms with Crippen molar-refractivity contribution in [2.24, 2.45) is 0 Å². The number of hydrogen-bond acceptors (Lipinski definition) is 2. The highest BCUT2D eigenvalue weighted by Gasteiger charge is 2.37. The lowest BCUT2D eigenvalue weighted by molar-refractivity contribution is 0.0903. The molecule has 0 aliphatic heterocycles. The maximum absolute atomic E-state index is 13.0. The third-order valence-electron chi connectivity index (χ3n) is 8.23.